The number of rotatable bonds is 7. The van der Waals surface area contributed by atoms with Crippen LogP contribution in [0.15, 0.2) is 66.7 Å². The van der Waals surface area contributed by atoms with Gasteiger partial charge in [0.25, 0.3) is 5.91 Å². The summed E-state index contributed by atoms with van der Waals surface area (Å²) in [5.74, 6) is -0.429. The number of phenolic OH excluding ortho intramolecular Hbond substituents is 1. The van der Waals surface area contributed by atoms with Gasteiger partial charge >= 0.3 is 0 Å². The van der Waals surface area contributed by atoms with Crippen molar-refractivity contribution in [1.82, 2.24) is 5.32 Å². The van der Waals surface area contributed by atoms with E-state index in [1.807, 2.05) is 30.3 Å². The summed E-state index contributed by atoms with van der Waals surface area (Å²) in [6.45, 7) is 0.270. The fraction of sp³-hybridized carbons (Fsp3) is 0.160. The standard InChI is InChI=1S/C25H22N2O5/c28-22-12-18-8-11-23(29)27-21(18)13-20(22)25(31)17-6-9-19(10-7-17)32-15-24(30)26-14-16-4-2-1-3-5-16/h1-7,9-10,12-13,28H,8,11,14-15H2,(H,26,30)(H,27,29). The minimum Gasteiger partial charge on any atom is -0.507 e. The highest BCUT2D eigenvalue weighted by atomic mass is 16.5. The maximum atomic E-state index is 12.9. The Morgan fingerprint density at radius 3 is 2.50 bits per heavy atom. The number of aromatic hydroxyl groups is 1. The predicted octanol–water partition coefficient (Wildman–Crippen LogP) is 3.20. The van der Waals surface area contributed by atoms with E-state index >= 15 is 0 Å². The number of hydrogen-bond donors (Lipinski definition) is 3. The van der Waals surface area contributed by atoms with Crippen molar-refractivity contribution in [3.8, 4) is 11.5 Å². The molecule has 0 saturated carbocycles. The molecule has 2 amide bonds. The van der Waals surface area contributed by atoms with Crippen molar-refractivity contribution in [3.63, 3.8) is 0 Å². The van der Waals surface area contributed by atoms with E-state index in [4.69, 9.17) is 4.74 Å². The Labute approximate surface area is 185 Å². The normalized spacial score (nSPS) is 12.4. The first kappa shape index (κ1) is 21.1. The van der Waals surface area contributed by atoms with Gasteiger partial charge in [0.2, 0.25) is 5.91 Å². The number of phenols is 1. The number of ketones is 1. The van der Waals surface area contributed by atoms with Crippen LogP contribution >= 0.6 is 0 Å². The van der Waals surface area contributed by atoms with Crippen LogP contribution in [0.4, 0.5) is 5.69 Å². The minimum atomic E-state index is -0.378. The number of carbonyl (C=O) groups excluding carboxylic acids is 3. The molecule has 0 fully saturated rings. The second-order valence-corrected chi connectivity index (χ2v) is 7.48. The third kappa shape index (κ3) is 4.95. The molecule has 7 heteroatoms. The van der Waals surface area contributed by atoms with Crippen molar-refractivity contribution >= 4 is 23.3 Å². The number of carbonyl (C=O) groups is 3. The van der Waals surface area contributed by atoms with E-state index < -0.39 is 0 Å². The first-order valence-corrected chi connectivity index (χ1v) is 10.2. The van der Waals surface area contributed by atoms with Gasteiger partial charge in [-0.05, 0) is 53.9 Å². The highest BCUT2D eigenvalue weighted by molar-refractivity contribution is 6.12. The van der Waals surface area contributed by atoms with Gasteiger partial charge in [-0.15, -0.1) is 0 Å². The van der Waals surface area contributed by atoms with E-state index in [-0.39, 0.29) is 35.5 Å². The predicted molar refractivity (Wildman–Crippen MR) is 119 cm³/mol. The number of hydrogen-bond acceptors (Lipinski definition) is 5. The van der Waals surface area contributed by atoms with Crippen LogP contribution in [-0.2, 0) is 22.6 Å². The van der Waals surface area contributed by atoms with Crippen LogP contribution < -0.4 is 15.4 Å². The fourth-order valence-corrected chi connectivity index (χ4v) is 3.45. The second-order valence-electron chi connectivity index (χ2n) is 7.48. The third-order valence-electron chi connectivity index (χ3n) is 5.18. The van der Waals surface area contributed by atoms with Gasteiger partial charge in [-0.1, -0.05) is 30.3 Å². The van der Waals surface area contributed by atoms with Crippen molar-refractivity contribution in [2.24, 2.45) is 0 Å². The van der Waals surface area contributed by atoms with Gasteiger partial charge in [0, 0.05) is 24.2 Å². The lowest BCUT2D eigenvalue weighted by Gasteiger charge is -2.18. The molecule has 0 bridgehead atoms. The lowest BCUT2D eigenvalue weighted by atomic mass is 9.96. The van der Waals surface area contributed by atoms with Crippen LogP contribution in [0.2, 0.25) is 0 Å². The Balaban J connectivity index is 1.36. The van der Waals surface area contributed by atoms with E-state index in [2.05, 4.69) is 10.6 Å². The smallest absolute Gasteiger partial charge is 0.258 e. The zero-order valence-corrected chi connectivity index (χ0v) is 17.3. The Morgan fingerprint density at radius 1 is 1.00 bits per heavy atom. The average Bonchev–Trinajstić information content (AvgIpc) is 2.82. The van der Waals surface area contributed by atoms with Gasteiger partial charge in [0.15, 0.2) is 12.4 Å². The second kappa shape index (κ2) is 9.34. The molecule has 4 rings (SSSR count). The molecule has 0 aliphatic carbocycles. The Hall–Kier alpha value is -4.13. The van der Waals surface area contributed by atoms with Gasteiger partial charge in [0.1, 0.15) is 11.5 Å². The van der Waals surface area contributed by atoms with E-state index in [0.29, 0.717) is 36.4 Å². The van der Waals surface area contributed by atoms with Gasteiger partial charge in [-0.2, -0.15) is 0 Å². The van der Waals surface area contributed by atoms with Crippen LogP contribution in [0.25, 0.3) is 0 Å². The summed E-state index contributed by atoms with van der Waals surface area (Å²) in [4.78, 5) is 36.5. The molecule has 1 aliphatic heterocycles. The van der Waals surface area contributed by atoms with Crippen LogP contribution in [0.5, 0.6) is 11.5 Å². The Kier molecular flexibility index (Phi) is 6.17. The molecule has 0 spiro atoms. The minimum absolute atomic E-state index is 0.111. The highest BCUT2D eigenvalue weighted by Gasteiger charge is 2.21. The number of benzene rings is 3. The summed E-state index contributed by atoms with van der Waals surface area (Å²) in [6, 6.07) is 18.9. The molecule has 1 aliphatic rings. The Morgan fingerprint density at radius 2 is 1.75 bits per heavy atom. The summed E-state index contributed by atoms with van der Waals surface area (Å²) >= 11 is 0. The quantitative estimate of drug-likeness (QED) is 0.394. The molecular formula is C25H22N2O5. The maximum Gasteiger partial charge on any atom is 0.258 e. The molecule has 0 saturated heterocycles. The number of fused-ring (bicyclic) bond motifs is 1. The molecule has 0 aromatic heterocycles. The number of anilines is 1. The molecule has 3 aromatic rings. The van der Waals surface area contributed by atoms with Gasteiger partial charge < -0.3 is 20.5 Å². The molecule has 0 atom stereocenters. The lowest BCUT2D eigenvalue weighted by Crippen LogP contribution is -2.28. The van der Waals surface area contributed by atoms with Crippen molar-refractivity contribution in [1.29, 1.82) is 0 Å². The molecule has 162 valence electrons. The van der Waals surface area contributed by atoms with Gasteiger partial charge in [-0.3, -0.25) is 14.4 Å². The molecule has 0 unspecified atom stereocenters. The van der Waals surface area contributed by atoms with E-state index in [1.54, 1.807) is 24.3 Å². The molecule has 3 aromatic carbocycles. The molecule has 7 nitrogen and oxygen atoms in total. The summed E-state index contributed by atoms with van der Waals surface area (Å²) in [5.41, 5.74) is 2.80. The number of nitrogens with one attached hydrogen (secondary N) is 2. The van der Waals surface area contributed by atoms with Crippen molar-refractivity contribution < 1.29 is 24.2 Å². The number of ether oxygens (including phenoxy) is 1. The highest BCUT2D eigenvalue weighted by Crippen LogP contribution is 2.31. The molecule has 32 heavy (non-hydrogen) atoms. The summed E-state index contributed by atoms with van der Waals surface area (Å²) in [6.07, 6.45) is 0.875. The molecule has 1 heterocycles. The van der Waals surface area contributed by atoms with Crippen molar-refractivity contribution in [3.05, 3.63) is 89.0 Å². The number of aryl methyl sites for hydroxylation is 1. The van der Waals surface area contributed by atoms with Crippen LogP contribution in [0.3, 0.4) is 0 Å². The third-order valence-corrected chi connectivity index (χ3v) is 5.18. The topological polar surface area (TPSA) is 105 Å². The van der Waals surface area contributed by atoms with E-state index in [1.165, 1.54) is 12.1 Å². The van der Waals surface area contributed by atoms with Gasteiger partial charge in [-0.25, -0.2) is 0 Å². The maximum absolute atomic E-state index is 12.9. The fourth-order valence-electron chi connectivity index (χ4n) is 3.45. The van der Waals surface area contributed by atoms with Gasteiger partial charge in [0.05, 0.1) is 5.56 Å². The van der Waals surface area contributed by atoms with Crippen molar-refractivity contribution in [2.75, 3.05) is 11.9 Å². The van der Waals surface area contributed by atoms with Crippen LogP contribution in [0, 0.1) is 0 Å². The lowest BCUT2D eigenvalue weighted by molar-refractivity contribution is -0.123. The number of amides is 2. The van der Waals surface area contributed by atoms with Crippen molar-refractivity contribution in [2.45, 2.75) is 19.4 Å². The SMILES string of the molecule is O=C(COc1ccc(C(=O)c2cc3c(cc2O)CCC(=O)N3)cc1)NCc1ccccc1. The Bertz CT molecular complexity index is 1160. The monoisotopic (exact) mass is 430 g/mol. The summed E-state index contributed by atoms with van der Waals surface area (Å²) < 4.78 is 5.49. The van der Waals surface area contributed by atoms with E-state index in [9.17, 15) is 19.5 Å². The first-order valence-electron chi connectivity index (χ1n) is 10.2. The summed E-state index contributed by atoms with van der Waals surface area (Å²) in [7, 11) is 0. The van der Waals surface area contributed by atoms with Crippen LogP contribution in [-0.4, -0.2) is 29.3 Å². The zero-order chi connectivity index (χ0) is 22.5. The largest absolute Gasteiger partial charge is 0.507 e. The molecule has 3 N–H and O–H groups in total. The first-order chi connectivity index (χ1) is 15.5. The average molecular weight is 430 g/mol. The van der Waals surface area contributed by atoms with E-state index in [0.717, 1.165) is 11.1 Å². The zero-order valence-electron chi connectivity index (χ0n) is 17.3. The summed E-state index contributed by atoms with van der Waals surface area (Å²) in [5, 5.41) is 15.8. The van der Waals surface area contributed by atoms with Crippen LogP contribution in [0.1, 0.15) is 33.5 Å². The molecular weight excluding hydrogens is 408 g/mol. The molecule has 0 radical (unpaired) electrons.